The smallest absolute Gasteiger partial charge is 0.433 e. The number of aliphatic hydroxyl groups is 2. The molecule has 0 aliphatic carbocycles. The van der Waals surface area contributed by atoms with E-state index in [-0.39, 0.29) is 18.2 Å². The molecule has 0 spiro atoms. The number of ether oxygens (including phenoxy) is 2. The van der Waals surface area contributed by atoms with Gasteiger partial charge in [-0.2, -0.15) is 13.2 Å². The van der Waals surface area contributed by atoms with Crippen LogP contribution in [0.2, 0.25) is 0 Å². The van der Waals surface area contributed by atoms with E-state index in [1.807, 2.05) is 0 Å². The quantitative estimate of drug-likeness (QED) is 0.771. The summed E-state index contributed by atoms with van der Waals surface area (Å²) < 4.78 is 61.3. The molecule has 3 rings (SSSR count). The van der Waals surface area contributed by atoms with E-state index in [4.69, 9.17) is 9.47 Å². The average Bonchev–Trinajstić information content (AvgIpc) is 2.68. The number of hydrogen-bond acceptors (Lipinski definition) is 6. The Morgan fingerprint density at radius 3 is 2.50 bits per heavy atom. The van der Waals surface area contributed by atoms with Gasteiger partial charge in [-0.05, 0) is 18.2 Å². The largest absolute Gasteiger partial charge is 0.469 e. The maximum absolute atomic E-state index is 12.7. The Morgan fingerprint density at radius 1 is 1.11 bits per heavy atom. The van der Waals surface area contributed by atoms with Crippen LogP contribution in [0.25, 0.3) is 0 Å². The Bertz CT molecular complexity index is 820. The predicted octanol–water partition coefficient (Wildman–Crippen LogP) is 1.78. The van der Waals surface area contributed by atoms with Crippen molar-refractivity contribution < 1.29 is 37.1 Å². The summed E-state index contributed by atoms with van der Waals surface area (Å²) in [6.45, 7) is -0.202. The van der Waals surface area contributed by atoms with Crippen LogP contribution in [0.4, 0.5) is 13.2 Å². The first-order valence-electron chi connectivity index (χ1n) is 8.38. The van der Waals surface area contributed by atoms with Gasteiger partial charge >= 0.3 is 6.18 Å². The van der Waals surface area contributed by atoms with E-state index in [9.17, 15) is 27.6 Å². The van der Waals surface area contributed by atoms with E-state index >= 15 is 0 Å². The zero-order valence-electron chi connectivity index (χ0n) is 14.5. The molecular weight excluding hydrogens is 399 g/mol. The second kappa shape index (κ2) is 8.56. The second-order valence-corrected chi connectivity index (χ2v) is 7.69. The highest BCUT2D eigenvalue weighted by Gasteiger charge is 2.41. The van der Waals surface area contributed by atoms with Crippen LogP contribution >= 0.6 is 0 Å². The van der Waals surface area contributed by atoms with Crippen molar-refractivity contribution in [2.24, 2.45) is 0 Å². The number of halogens is 3. The summed E-state index contributed by atoms with van der Waals surface area (Å²) in [7, 11) is -1.45. The summed E-state index contributed by atoms with van der Waals surface area (Å²) in [5.74, 6) is -0.391. The summed E-state index contributed by atoms with van der Waals surface area (Å²) in [5, 5.41) is 20.6. The van der Waals surface area contributed by atoms with Gasteiger partial charge in [0.05, 0.1) is 29.3 Å². The van der Waals surface area contributed by atoms with E-state index in [0.717, 1.165) is 12.1 Å². The van der Waals surface area contributed by atoms with Crippen LogP contribution < -0.4 is 4.74 Å². The Morgan fingerprint density at radius 2 is 1.82 bits per heavy atom. The molecule has 1 unspecified atom stereocenters. The number of aromatic nitrogens is 1. The number of nitrogens with zero attached hydrogens (tertiary/aromatic N) is 1. The van der Waals surface area contributed by atoms with Crippen molar-refractivity contribution in [3.05, 3.63) is 54.2 Å². The highest BCUT2D eigenvalue weighted by Crippen LogP contribution is 2.29. The minimum absolute atomic E-state index is 0.0449. The zero-order chi connectivity index (χ0) is 20.3. The molecule has 152 valence electrons. The first kappa shape index (κ1) is 20.7. The SMILES string of the molecule is O=S(C[C@H]1OC[C@H](Oc2cccc(C(F)(F)F)n2)[C@@H](O)[C@H]1O)c1ccccc1. The molecule has 1 aromatic carbocycles. The molecule has 2 N–H and O–H groups in total. The van der Waals surface area contributed by atoms with Crippen molar-refractivity contribution in [2.75, 3.05) is 12.4 Å². The summed E-state index contributed by atoms with van der Waals surface area (Å²) in [6, 6.07) is 11.7. The van der Waals surface area contributed by atoms with Crippen molar-refractivity contribution in [3.8, 4) is 5.88 Å². The number of benzene rings is 1. The fraction of sp³-hybridized carbons (Fsp3) is 0.389. The molecule has 1 aromatic heterocycles. The Balaban J connectivity index is 1.63. The minimum Gasteiger partial charge on any atom is -0.469 e. The molecule has 0 saturated carbocycles. The molecule has 0 bridgehead atoms. The first-order valence-corrected chi connectivity index (χ1v) is 9.69. The molecule has 2 aromatic rings. The van der Waals surface area contributed by atoms with Gasteiger partial charge in [-0.15, -0.1) is 0 Å². The van der Waals surface area contributed by atoms with Crippen LogP contribution in [0.3, 0.4) is 0 Å². The molecule has 1 aliphatic heterocycles. The van der Waals surface area contributed by atoms with Crippen LogP contribution in [0.1, 0.15) is 5.69 Å². The summed E-state index contributed by atoms with van der Waals surface area (Å²) in [4.78, 5) is 3.92. The molecule has 1 fully saturated rings. The van der Waals surface area contributed by atoms with Crippen LogP contribution in [0.15, 0.2) is 53.4 Å². The number of aliphatic hydroxyl groups excluding tert-OH is 2. The van der Waals surface area contributed by atoms with Gasteiger partial charge in [-0.3, -0.25) is 4.21 Å². The summed E-state index contributed by atoms with van der Waals surface area (Å²) in [5.41, 5.74) is -1.13. The van der Waals surface area contributed by atoms with Crippen LogP contribution in [-0.2, 0) is 21.7 Å². The van der Waals surface area contributed by atoms with Gasteiger partial charge in [0.2, 0.25) is 5.88 Å². The van der Waals surface area contributed by atoms with Crippen LogP contribution in [-0.4, -0.2) is 56.2 Å². The molecule has 2 heterocycles. The molecule has 5 atom stereocenters. The molecule has 10 heteroatoms. The number of alkyl halides is 3. The molecule has 28 heavy (non-hydrogen) atoms. The topological polar surface area (TPSA) is 88.9 Å². The first-order chi connectivity index (χ1) is 13.3. The van der Waals surface area contributed by atoms with E-state index in [1.54, 1.807) is 30.3 Å². The normalized spacial score (nSPS) is 26.6. The third-order valence-electron chi connectivity index (χ3n) is 4.19. The molecule has 1 saturated heterocycles. The molecule has 1 aliphatic rings. The molecule has 0 radical (unpaired) electrons. The maximum Gasteiger partial charge on any atom is 0.433 e. The lowest BCUT2D eigenvalue weighted by Crippen LogP contribution is -2.56. The third-order valence-corrected chi connectivity index (χ3v) is 5.62. The summed E-state index contributed by atoms with van der Waals surface area (Å²) >= 11 is 0. The highest BCUT2D eigenvalue weighted by atomic mass is 32.2. The summed E-state index contributed by atoms with van der Waals surface area (Å²) in [6.07, 6.45) is -9.52. The standard InChI is InChI=1S/C18H18F3NO5S/c19-18(20,21)14-7-4-8-15(22-14)27-12-9-26-13(17(24)16(12)23)10-28(25)11-5-2-1-3-6-11/h1-8,12-13,16-17,23-24H,9-10H2/t12-,13+,16+,17-,28?/m0/s1. The van der Waals surface area contributed by atoms with Crippen LogP contribution in [0, 0.1) is 0 Å². The highest BCUT2D eigenvalue weighted by molar-refractivity contribution is 7.85. The van der Waals surface area contributed by atoms with Crippen molar-refractivity contribution >= 4 is 10.8 Å². The lowest BCUT2D eigenvalue weighted by atomic mass is 10.0. The van der Waals surface area contributed by atoms with Gasteiger partial charge in [0, 0.05) is 11.0 Å². The van der Waals surface area contributed by atoms with Gasteiger partial charge in [-0.25, -0.2) is 4.98 Å². The van der Waals surface area contributed by atoms with Gasteiger partial charge in [-0.1, -0.05) is 24.3 Å². The second-order valence-electron chi connectivity index (χ2n) is 6.19. The zero-order valence-corrected chi connectivity index (χ0v) is 15.3. The van der Waals surface area contributed by atoms with Gasteiger partial charge in [0.15, 0.2) is 6.10 Å². The van der Waals surface area contributed by atoms with Crippen molar-refractivity contribution in [1.82, 2.24) is 4.98 Å². The van der Waals surface area contributed by atoms with E-state index < -0.39 is 47.1 Å². The molecule has 6 nitrogen and oxygen atoms in total. The van der Waals surface area contributed by atoms with Crippen molar-refractivity contribution in [2.45, 2.75) is 35.5 Å². The number of hydrogen-bond donors (Lipinski definition) is 2. The maximum atomic E-state index is 12.7. The molecule has 0 amide bonds. The Hall–Kier alpha value is -2.01. The number of pyridine rings is 1. The fourth-order valence-electron chi connectivity index (χ4n) is 2.72. The van der Waals surface area contributed by atoms with Gasteiger partial charge in [0.1, 0.15) is 17.9 Å². The van der Waals surface area contributed by atoms with Crippen molar-refractivity contribution in [3.63, 3.8) is 0 Å². The van der Waals surface area contributed by atoms with Gasteiger partial charge in [0.25, 0.3) is 0 Å². The van der Waals surface area contributed by atoms with Crippen LogP contribution in [0.5, 0.6) is 5.88 Å². The minimum atomic E-state index is -4.63. The van der Waals surface area contributed by atoms with E-state index in [2.05, 4.69) is 4.98 Å². The average molecular weight is 417 g/mol. The van der Waals surface area contributed by atoms with Crippen molar-refractivity contribution in [1.29, 1.82) is 0 Å². The molecular formula is C18H18F3NO5S. The Kier molecular flexibility index (Phi) is 6.33. The third kappa shape index (κ3) is 4.88. The lowest BCUT2D eigenvalue weighted by molar-refractivity contribution is -0.174. The Labute approximate surface area is 161 Å². The van der Waals surface area contributed by atoms with E-state index in [1.165, 1.54) is 6.07 Å². The lowest BCUT2D eigenvalue weighted by Gasteiger charge is -2.37. The van der Waals surface area contributed by atoms with E-state index in [0.29, 0.717) is 4.90 Å². The number of rotatable bonds is 5. The van der Waals surface area contributed by atoms with Gasteiger partial charge < -0.3 is 19.7 Å². The predicted molar refractivity (Wildman–Crippen MR) is 93.1 cm³/mol. The fourth-order valence-corrected chi connectivity index (χ4v) is 3.96. The monoisotopic (exact) mass is 417 g/mol.